The number of rotatable bonds is 6. The van der Waals surface area contributed by atoms with Crippen molar-refractivity contribution in [3.63, 3.8) is 0 Å². The molecule has 0 aliphatic rings. The van der Waals surface area contributed by atoms with Gasteiger partial charge in [0.2, 0.25) is 0 Å². The summed E-state index contributed by atoms with van der Waals surface area (Å²) in [4.78, 5) is 16.1. The second-order valence-corrected chi connectivity index (χ2v) is 7.49. The fourth-order valence-electron chi connectivity index (χ4n) is 1.94. The van der Waals surface area contributed by atoms with Gasteiger partial charge in [-0.15, -0.1) is 0 Å². The van der Waals surface area contributed by atoms with Crippen LogP contribution in [0.15, 0.2) is 53.7 Å². The molecule has 3 N–H and O–H groups in total. The number of anilines is 1. The van der Waals surface area contributed by atoms with E-state index >= 15 is 0 Å². The molecule has 0 atom stereocenters. The summed E-state index contributed by atoms with van der Waals surface area (Å²) in [6.45, 7) is 2.99. The molecule has 0 aliphatic heterocycles. The van der Waals surface area contributed by atoms with Crippen molar-refractivity contribution >= 4 is 21.6 Å². The van der Waals surface area contributed by atoms with Gasteiger partial charge < -0.3 is 10.4 Å². The van der Waals surface area contributed by atoms with Gasteiger partial charge in [-0.25, -0.2) is 8.42 Å². The van der Waals surface area contributed by atoms with E-state index in [0.29, 0.717) is 5.69 Å². The van der Waals surface area contributed by atoms with Gasteiger partial charge in [-0.05, 0) is 38.1 Å². The number of nitrogens with one attached hydrogen (secondary N) is 2. The maximum atomic E-state index is 12.6. The zero-order valence-electron chi connectivity index (χ0n) is 13.4. The Morgan fingerprint density at radius 2 is 1.92 bits per heavy atom. The third kappa shape index (κ3) is 4.30. The molecular weight excluding hydrogens is 330 g/mol. The standard InChI is InChI=1S/C16H19N3O4S/c1-16(2,11-20)18-15(21)13-7-3-4-8-14(13)24(22,23)19-12-6-5-9-17-10-12/h3-10,19-20H,11H2,1-2H3,(H,18,21). The molecule has 1 aromatic carbocycles. The molecule has 2 rings (SSSR count). The quantitative estimate of drug-likeness (QED) is 0.730. The predicted molar refractivity (Wildman–Crippen MR) is 90.1 cm³/mol. The first-order valence-corrected chi connectivity index (χ1v) is 8.69. The molecule has 0 unspecified atom stereocenters. The van der Waals surface area contributed by atoms with Crippen molar-refractivity contribution in [3.05, 3.63) is 54.4 Å². The van der Waals surface area contributed by atoms with Crippen LogP contribution in [-0.4, -0.2) is 36.6 Å². The topological polar surface area (TPSA) is 108 Å². The summed E-state index contributed by atoms with van der Waals surface area (Å²) in [6.07, 6.45) is 2.89. The Bertz CT molecular complexity index is 820. The average molecular weight is 349 g/mol. The van der Waals surface area contributed by atoms with E-state index in [2.05, 4.69) is 15.0 Å². The second kappa shape index (κ2) is 6.98. The maximum Gasteiger partial charge on any atom is 0.262 e. The monoisotopic (exact) mass is 349 g/mol. The first-order valence-electron chi connectivity index (χ1n) is 7.20. The lowest BCUT2D eigenvalue weighted by Gasteiger charge is -2.24. The molecule has 128 valence electrons. The van der Waals surface area contributed by atoms with Gasteiger partial charge >= 0.3 is 0 Å². The van der Waals surface area contributed by atoms with Crippen LogP contribution in [0, 0.1) is 0 Å². The van der Waals surface area contributed by atoms with Crippen LogP contribution < -0.4 is 10.0 Å². The summed E-state index contributed by atoms with van der Waals surface area (Å²) in [5, 5.41) is 11.9. The van der Waals surface area contributed by atoms with Crippen LogP contribution in [0.1, 0.15) is 24.2 Å². The van der Waals surface area contributed by atoms with Gasteiger partial charge in [0.1, 0.15) is 4.90 Å². The minimum Gasteiger partial charge on any atom is -0.394 e. The number of aliphatic hydroxyl groups excluding tert-OH is 1. The van der Waals surface area contributed by atoms with Gasteiger partial charge in [-0.1, -0.05) is 12.1 Å². The number of pyridine rings is 1. The fraction of sp³-hybridized carbons (Fsp3) is 0.250. The molecule has 1 aromatic heterocycles. The van der Waals surface area contributed by atoms with E-state index in [4.69, 9.17) is 0 Å². The van der Waals surface area contributed by atoms with Crippen LogP contribution >= 0.6 is 0 Å². The van der Waals surface area contributed by atoms with Crippen LogP contribution in [0.4, 0.5) is 5.69 Å². The summed E-state index contributed by atoms with van der Waals surface area (Å²) in [6, 6.07) is 9.03. The molecule has 8 heteroatoms. The highest BCUT2D eigenvalue weighted by atomic mass is 32.2. The largest absolute Gasteiger partial charge is 0.394 e. The molecule has 0 bridgehead atoms. The Morgan fingerprint density at radius 3 is 2.54 bits per heavy atom. The smallest absolute Gasteiger partial charge is 0.262 e. The molecule has 24 heavy (non-hydrogen) atoms. The third-order valence-corrected chi connectivity index (χ3v) is 4.62. The lowest BCUT2D eigenvalue weighted by molar-refractivity contribution is 0.0866. The van der Waals surface area contributed by atoms with Crippen molar-refractivity contribution in [1.29, 1.82) is 0 Å². The Balaban J connectivity index is 2.36. The van der Waals surface area contributed by atoms with Crippen molar-refractivity contribution in [2.45, 2.75) is 24.3 Å². The van der Waals surface area contributed by atoms with Crippen molar-refractivity contribution in [2.24, 2.45) is 0 Å². The molecule has 1 amide bonds. The van der Waals surface area contributed by atoms with Gasteiger partial charge in [-0.2, -0.15) is 0 Å². The Morgan fingerprint density at radius 1 is 1.21 bits per heavy atom. The third-order valence-electron chi connectivity index (χ3n) is 3.18. The van der Waals surface area contributed by atoms with E-state index in [9.17, 15) is 18.3 Å². The number of sulfonamides is 1. The lowest BCUT2D eigenvalue weighted by Crippen LogP contribution is -2.46. The van der Waals surface area contributed by atoms with Crippen LogP contribution in [0.25, 0.3) is 0 Å². The SMILES string of the molecule is CC(C)(CO)NC(=O)c1ccccc1S(=O)(=O)Nc1cccnc1. The molecule has 0 radical (unpaired) electrons. The first kappa shape index (κ1) is 17.9. The number of carbonyl (C=O) groups excluding carboxylic acids is 1. The highest BCUT2D eigenvalue weighted by molar-refractivity contribution is 7.92. The van der Waals surface area contributed by atoms with Gasteiger partial charge in [0, 0.05) is 6.20 Å². The van der Waals surface area contributed by atoms with Gasteiger partial charge in [-0.3, -0.25) is 14.5 Å². The van der Waals surface area contributed by atoms with Crippen LogP contribution in [0.5, 0.6) is 0 Å². The first-order chi connectivity index (χ1) is 11.2. The molecule has 2 aromatic rings. The van der Waals surface area contributed by atoms with Gasteiger partial charge in [0.25, 0.3) is 15.9 Å². The van der Waals surface area contributed by atoms with Crippen molar-refractivity contribution in [1.82, 2.24) is 10.3 Å². The normalized spacial score (nSPS) is 11.8. The number of aromatic nitrogens is 1. The lowest BCUT2D eigenvalue weighted by atomic mass is 10.1. The second-order valence-electron chi connectivity index (χ2n) is 5.84. The number of carbonyl (C=O) groups is 1. The highest BCUT2D eigenvalue weighted by Crippen LogP contribution is 2.20. The summed E-state index contributed by atoms with van der Waals surface area (Å²) < 4.78 is 27.6. The summed E-state index contributed by atoms with van der Waals surface area (Å²) >= 11 is 0. The number of hydrogen-bond acceptors (Lipinski definition) is 5. The van der Waals surface area contributed by atoms with Crippen molar-refractivity contribution in [3.8, 4) is 0 Å². The van der Waals surface area contributed by atoms with E-state index < -0.39 is 21.5 Å². The van der Waals surface area contributed by atoms with E-state index in [0.717, 1.165) is 0 Å². The van der Waals surface area contributed by atoms with Crippen LogP contribution in [0.2, 0.25) is 0 Å². The van der Waals surface area contributed by atoms with Gasteiger partial charge in [0.15, 0.2) is 0 Å². The minimum absolute atomic E-state index is 0.00425. The molecular formula is C16H19N3O4S. The summed E-state index contributed by atoms with van der Waals surface area (Å²) in [7, 11) is -3.96. The number of nitrogens with zero attached hydrogens (tertiary/aromatic N) is 1. The van der Waals surface area contributed by atoms with Crippen LogP contribution in [-0.2, 0) is 10.0 Å². The average Bonchev–Trinajstić information content (AvgIpc) is 2.55. The molecule has 7 nitrogen and oxygen atoms in total. The Kier molecular flexibility index (Phi) is 5.20. The van der Waals surface area contributed by atoms with E-state index in [-0.39, 0.29) is 17.1 Å². The molecule has 0 spiro atoms. The van der Waals surface area contributed by atoms with Crippen LogP contribution in [0.3, 0.4) is 0 Å². The highest BCUT2D eigenvalue weighted by Gasteiger charge is 2.26. The van der Waals surface area contributed by atoms with E-state index in [1.54, 1.807) is 32.0 Å². The summed E-state index contributed by atoms with van der Waals surface area (Å²) in [5.41, 5.74) is -0.580. The number of amides is 1. The number of benzene rings is 1. The Labute approximate surface area is 140 Å². The van der Waals surface area contributed by atoms with E-state index in [1.165, 1.54) is 30.6 Å². The molecule has 0 saturated heterocycles. The zero-order chi connectivity index (χ0) is 17.8. The summed E-state index contributed by atoms with van der Waals surface area (Å²) in [5.74, 6) is -0.582. The fourth-order valence-corrected chi connectivity index (χ4v) is 3.19. The van der Waals surface area contributed by atoms with Crippen molar-refractivity contribution < 1.29 is 18.3 Å². The van der Waals surface area contributed by atoms with Gasteiger partial charge in [0.05, 0.1) is 29.6 Å². The molecule has 0 fully saturated rings. The van der Waals surface area contributed by atoms with Crippen molar-refractivity contribution in [2.75, 3.05) is 11.3 Å². The molecule has 0 saturated carbocycles. The Hall–Kier alpha value is -2.45. The van der Waals surface area contributed by atoms with E-state index in [1.807, 2.05) is 0 Å². The molecule has 0 aliphatic carbocycles. The predicted octanol–water partition coefficient (Wildman–Crippen LogP) is 1.38. The number of hydrogen-bond donors (Lipinski definition) is 3. The maximum absolute atomic E-state index is 12.6. The molecule has 1 heterocycles. The minimum atomic E-state index is -3.96. The number of aliphatic hydroxyl groups is 1. The zero-order valence-corrected chi connectivity index (χ0v) is 14.2.